The van der Waals surface area contributed by atoms with Crippen molar-refractivity contribution in [1.29, 1.82) is 0 Å². The third-order valence-electron chi connectivity index (χ3n) is 3.24. The van der Waals surface area contributed by atoms with Crippen molar-refractivity contribution in [2.24, 2.45) is 0 Å². The van der Waals surface area contributed by atoms with Crippen LogP contribution in [0.4, 0.5) is 4.39 Å². The molecule has 130 valence electrons. The van der Waals surface area contributed by atoms with Gasteiger partial charge in [0.25, 0.3) is 0 Å². The van der Waals surface area contributed by atoms with Gasteiger partial charge >= 0.3 is 0 Å². The van der Waals surface area contributed by atoms with Crippen molar-refractivity contribution in [2.75, 3.05) is 13.7 Å². The van der Waals surface area contributed by atoms with Crippen LogP contribution in [-0.4, -0.2) is 28.2 Å². The highest BCUT2D eigenvalue weighted by Crippen LogP contribution is 2.17. The van der Waals surface area contributed by atoms with Crippen molar-refractivity contribution in [3.8, 4) is 11.5 Å². The molecule has 0 fully saturated rings. The summed E-state index contributed by atoms with van der Waals surface area (Å²) in [6.45, 7) is 1.84. The van der Waals surface area contributed by atoms with Crippen molar-refractivity contribution in [1.82, 2.24) is 4.72 Å². The zero-order valence-electron chi connectivity index (χ0n) is 13.5. The van der Waals surface area contributed by atoms with E-state index in [4.69, 9.17) is 9.47 Å². The molecule has 0 aliphatic rings. The molecule has 0 saturated heterocycles. The SMILES string of the molecule is COc1ccc(OC[C@H](C)NS(=O)(=O)Cc2ccccc2F)cc1. The van der Waals surface area contributed by atoms with Gasteiger partial charge in [-0.3, -0.25) is 0 Å². The largest absolute Gasteiger partial charge is 0.497 e. The smallest absolute Gasteiger partial charge is 0.216 e. The fourth-order valence-corrected chi connectivity index (χ4v) is 3.50. The Hall–Kier alpha value is -2.12. The average Bonchev–Trinajstić information content (AvgIpc) is 2.55. The highest BCUT2D eigenvalue weighted by atomic mass is 32.2. The third-order valence-corrected chi connectivity index (χ3v) is 4.70. The molecule has 0 aromatic heterocycles. The normalized spacial score (nSPS) is 12.6. The van der Waals surface area contributed by atoms with E-state index in [1.807, 2.05) is 0 Å². The van der Waals surface area contributed by atoms with E-state index < -0.39 is 27.6 Å². The summed E-state index contributed by atoms with van der Waals surface area (Å²) in [5.41, 5.74) is 0.133. The van der Waals surface area contributed by atoms with E-state index in [0.717, 1.165) is 0 Å². The fourth-order valence-electron chi connectivity index (χ4n) is 2.10. The molecular formula is C17H20FNO4S. The van der Waals surface area contributed by atoms with Gasteiger partial charge < -0.3 is 9.47 Å². The predicted molar refractivity (Wildman–Crippen MR) is 90.1 cm³/mol. The third kappa shape index (κ3) is 5.50. The second-order valence-corrected chi connectivity index (χ2v) is 7.11. The van der Waals surface area contributed by atoms with E-state index in [2.05, 4.69) is 4.72 Å². The Morgan fingerprint density at radius 2 is 1.71 bits per heavy atom. The number of benzene rings is 2. The van der Waals surface area contributed by atoms with E-state index in [-0.39, 0.29) is 12.2 Å². The first-order chi connectivity index (χ1) is 11.4. The van der Waals surface area contributed by atoms with E-state index in [1.165, 1.54) is 18.2 Å². The molecule has 0 saturated carbocycles. The van der Waals surface area contributed by atoms with Crippen LogP contribution >= 0.6 is 0 Å². The Morgan fingerprint density at radius 3 is 2.33 bits per heavy atom. The standard InChI is InChI=1S/C17H20FNO4S/c1-13(11-23-16-9-7-15(22-2)8-10-16)19-24(20,21)12-14-5-3-4-6-17(14)18/h3-10,13,19H,11-12H2,1-2H3/t13-/m0/s1. The molecule has 0 amide bonds. The van der Waals surface area contributed by atoms with E-state index in [9.17, 15) is 12.8 Å². The molecule has 0 bridgehead atoms. The van der Waals surface area contributed by atoms with E-state index in [0.29, 0.717) is 11.5 Å². The van der Waals surface area contributed by atoms with Gasteiger partial charge in [-0.25, -0.2) is 17.5 Å². The molecule has 2 rings (SSSR count). The number of ether oxygens (including phenoxy) is 2. The van der Waals surface area contributed by atoms with Crippen LogP contribution in [0.15, 0.2) is 48.5 Å². The summed E-state index contributed by atoms with van der Waals surface area (Å²) < 4.78 is 50.8. The molecule has 5 nitrogen and oxygen atoms in total. The van der Waals surface area contributed by atoms with Crippen molar-refractivity contribution >= 4 is 10.0 Å². The molecule has 2 aromatic rings. The van der Waals surface area contributed by atoms with Gasteiger partial charge in [0, 0.05) is 5.56 Å². The number of sulfonamides is 1. The van der Waals surface area contributed by atoms with Gasteiger partial charge in [0.1, 0.15) is 23.9 Å². The zero-order chi connectivity index (χ0) is 17.6. The molecule has 1 atom stereocenters. The number of halogens is 1. The van der Waals surface area contributed by atoms with Crippen molar-refractivity contribution in [2.45, 2.75) is 18.7 Å². The second kappa shape index (κ2) is 8.12. The number of hydrogen-bond acceptors (Lipinski definition) is 4. The van der Waals surface area contributed by atoms with Gasteiger partial charge in [0.2, 0.25) is 10.0 Å². The number of methoxy groups -OCH3 is 1. The lowest BCUT2D eigenvalue weighted by atomic mass is 10.2. The van der Waals surface area contributed by atoms with Gasteiger partial charge in [-0.1, -0.05) is 18.2 Å². The predicted octanol–water partition coefficient (Wildman–Crippen LogP) is 2.72. The monoisotopic (exact) mass is 353 g/mol. The minimum Gasteiger partial charge on any atom is -0.497 e. The van der Waals surface area contributed by atoms with Crippen LogP contribution < -0.4 is 14.2 Å². The maximum absolute atomic E-state index is 13.6. The topological polar surface area (TPSA) is 64.6 Å². The molecule has 0 heterocycles. The van der Waals surface area contributed by atoms with Crippen LogP contribution in [0.1, 0.15) is 12.5 Å². The lowest BCUT2D eigenvalue weighted by Gasteiger charge is -2.15. The fraction of sp³-hybridized carbons (Fsp3) is 0.294. The van der Waals surface area contributed by atoms with Crippen molar-refractivity contribution in [3.05, 3.63) is 59.9 Å². The van der Waals surface area contributed by atoms with Gasteiger partial charge in [-0.15, -0.1) is 0 Å². The van der Waals surface area contributed by atoms with E-state index >= 15 is 0 Å². The van der Waals surface area contributed by atoms with Crippen LogP contribution in [0.2, 0.25) is 0 Å². The van der Waals surface area contributed by atoms with Crippen LogP contribution in [0, 0.1) is 5.82 Å². The lowest BCUT2D eigenvalue weighted by Crippen LogP contribution is -2.37. The number of rotatable bonds is 8. The molecule has 2 aromatic carbocycles. The summed E-state index contributed by atoms with van der Waals surface area (Å²) in [6.07, 6.45) is 0. The van der Waals surface area contributed by atoms with Gasteiger partial charge in [0.05, 0.1) is 18.9 Å². The molecule has 1 N–H and O–H groups in total. The summed E-state index contributed by atoms with van der Waals surface area (Å²) >= 11 is 0. The highest BCUT2D eigenvalue weighted by molar-refractivity contribution is 7.88. The summed E-state index contributed by atoms with van der Waals surface area (Å²) in [4.78, 5) is 0. The maximum atomic E-state index is 13.6. The Morgan fingerprint density at radius 1 is 1.08 bits per heavy atom. The summed E-state index contributed by atoms with van der Waals surface area (Å²) in [7, 11) is -2.09. The van der Waals surface area contributed by atoms with Crippen LogP contribution in [-0.2, 0) is 15.8 Å². The minimum absolute atomic E-state index is 0.133. The Kier molecular flexibility index (Phi) is 6.16. The highest BCUT2D eigenvalue weighted by Gasteiger charge is 2.17. The van der Waals surface area contributed by atoms with Crippen LogP contribution in [0.5, 0.6) is 11.5 Å². The molecule has 0 aliphatic carbocycles. The Bertz CT molecular complexity index is 762. The molecule has 0 aliphatic heterocycles. The molecule has 7 heteroatoms. The Balaban J connectivity index is 1.88. The molecule has 0 unspecified atom stereocenters. The first-order valence-corrected chi connectivity index (χ1v) is 9.05. The van der Waals surface area contributed by atoms with Gasteiger partial charge in [-0.05, 0) is 37.3 Å². The van der Waals surface area contributed by atoms with Crippen molar-refractivity contribution < 1.29 is 22.3 Å². The quantitative estimate of drug-likeness (QED) is 0.792. The zero-order valence-corrected chi connectivity index (χ0v) is 14.3. The molecular weight excluding hydrogens is 333 g/mol. The lowest BCUT2D eigenvalue weighted by molar-refractivity contribution is 0.287. The second-order valence-electron chi connectivity index (χ2n) is 5.36. The number of hydrogen-bond donors (Lipinski definition) is 1. The first kappa shape index (κ1) is 18.2. The molecule has 0 radical (unpaired) electrons. The van der Waals surface area contributed by atoms with Crippen LogP contribution in [0.3, 0.4) is 0 Å². The summed E-state index contributed by atoms with van der Waals surface area (Å²) in [6, 6.07) is 12.3. The first-order valence-electron chi connectivity index (χ1n) is 7.40. The maximum Gasteiger partial charge on any atom is 0.216 e. The van der Waals surface area contributed by atoms with Crippen molar-refractivity contribution in [3.63, 3.8) is 0 Å². The molecule has 24 heavy (non-hydrogen) atoms. The summed E-state index contributed by atoms with van der Waals surface area (Å²) in [5, 5.41) is 0. The molecule has 0 spiro atoms. The number of nitrogens with one attached hydrogen (secondary N) is 1. The van der Waals surface area contributed by atoms with Gasteiger partial charge in [0.15, 0.2) is 0 Å². The summed E-state index contributed by atoms with van der Waals surface area (Å²) in [5.74, 6) is 0.369. The minimum atomic E-state index is -3.66. The van der Waals surface area contributed by atoms with E-state index in [1.54, 1.807) is 44.4 Å². The van der Waals surface area contributed by atoms with Crippen LogP contribution in [0.25, 0.3) is 0 Å². The Labute approximate surface area is 141 Å². The van der Waals surface area contributed by atoms with Gasteiger partial charge in [-0.2, -0.15) is 0 Å². The average molecular weight is 353 g/mol.